The summed E-state index contributed by atoms with van der Waals surface area (Å²) in [6.07, 6.45) is 7.62. The first-order chi connectivity index (χ1) is 9.56. The third kappa shape index (κ3) is 2.60. The lowest BCUT2D eigenvalue weighted by Gasteiger charge is -2.60. The number of ether oxygens (including phenoxy) is 1. The fourth-order valence-electron chi connectivity index (χ4n) is 4.17. The second-order valence-corrected chi connectivity index (χ2v) is 6.58. The van der Waals surface area contributed by atoms with Crippen LogP contribution in [0.5, 0.6) is 0 Å². The van der Waals surface area contributed by atoms with Gasteiger partial charge in [0.1, 0.15) is 0 Å². The molecule has 3 atom stereocenters. The normalized spacial score (nSPS) is 29.8. The smallest absolute Gasteiger partial charge is 0.226 e. The summed E-state index contributed by atoms with van der Waals surface area (Å²) in [5, 5.41) is 0. The molecule has 2 N–H and O–H groups in total. The molecule has 2 aliphatic rings. The Labute approximate surface area is 123 Å². The number of carbonyl (C=O) groups excluding carboxylic acids is 1. The van der Waals surface area contributed by atoms with E-state index in [4.69, 9.17) is 10.5 Å². The summed E-state index contributed by atoms with van der Waals surface area (Å²) < 4.78 is 5.96. The number of nitrogens with zero attached hydrogens (tertiary/aromatic N) is 1. The van der Waals surface area contributed by atoms with Crippen molar-refractivity contribution in [2.24, 2.45) is 17.1 Å². The van der Waals surface area contributed by atoms with Crippen LogP contribution in [-0.2, 0) is 9.53 Å². The lowest BCUT2D eigenvalue weighted by Crippen LogP contribution is -2.66. The van der Waals surface area contributed by atoms with Crippen molar-refractivity contribution in [2.45, 2.75) is 64.5 Å². The van der Waals surface area contributed by atoms with Crippen LogP contribution in [0.25, 0.3) is 0 Å². The van der Waals surface area contributed by atoms with Crippen molar-refractivity contribution in [3.8, 4) is 0 Å². The molecule has 3 unspecified atom stereocenters. The van der Waals surface area contributed by atoms with E-state index in [1.807, 2.05) is 18.9 Å². The number of nitrogens with two attached hydrogens (primary N) is 1. The van der Waals surface area contributed by atoms with Crippen LogP contribution < -0.4 is 5.73 Å². The first-order valence-electron chi connectivity index (χ1n) is 8.15. The highest BCUT2D eigenvalue weighted by atomic mass is 16.5. The number of hydrogen-bond acceptors (Lipinski definition) is 3. The van der Waals surface area contributed by atoms with Gasteiger partial charge >= 0.3 is 0 Å². The SMILES string of the molecule is CCOC1CC(N(C)C(=O)C(C)CN)C12CCCCC2. The maximum absolute atomic E-state index is 12.4. The van der Waals surface area contributed by atoms with E-state index in [1.165, 1.54) is 32.1 Å². The van der Waals surface area contributed by atoms with Gasteiger partial charge in [0, 0.05) is 37.6 Å². The van der Waals surface area contributed by atoms with Crippen LogP contribution in [0.2, 0.25) is 0 Å². The van der Waals surface area contributed by atoms with Gasteiger partial charge in [-0.1, -0.05) is 26.2 Å². The fourth-order valence-corrected chi connectivity index (χ4v) is 4.17. The van der Waals surface area contributed by atoms with E-state index in [0.29, 0.717) is 18.7 Å². The highest BCUT2D eigenvalue weighted by molar-refractivity contribution is 5.79. The van der Waals surface area contributed by atoms with Gasteiger partial charge in [0.25, 0.3) is 0 Å². The molecule has 116 valence electrons. The van der Waals surface area contributed by atoms with Gasteiger partial charge < -0.3 is 15.4 Å². The van der Waals surface area contributed by atoms with E-state index in [2.05, 4.69) is 6.92 Å². The highest BCUT2D eigenvalue weighted by Crippen LogP contribution is 2.55. The van der Waals surface area contributed by atoms with Crippen molar-refractivity contribution in [2.75, 3.05) is 20.2 Å². The van der Waals surface area contributed by atoms with Gasteiger partial charge in [-0.05, 0) is 26.2 Å². The molecule has 4 nitrogen and oxygen atoms in total. The first-order valence-corrected chi connectivity index (χ1v) is 8.15. The molecule has 0 aliphatic heterocycles. The van der Waals surface area contributed by atoms with Gasteiger partial charge in [0.2, 0.25) is 5.91 Å². The molecule has 1 amide bonds. The van der Waals surface area contributed by atoms with E-state index in [-0.39, 0.29) is 17.2 Å². The van der Waals surface area contributed by atoms with Crippen molar-refractivity contribution >= 4 is 5.91 Å². The summed E-state index contributed by atoms with van der Waals surface area (Å²) in [4.78, 5) is 14.4. The number of rotatable bonds is 5. The third-order valence-electron chi connectivity index (χ3n) is 5.48. The van der Waals surface area contributed by atoms with Gasteiger partial charge in [-0.3, -0.25) is 4.79 Å². The third-order valence-corrected chi connectivity index (χ3v) is 5.48. The summed E-state index contributed by atoms with van der Waals surface area (Å²) in [7, 11) is 1.96. The van der Waals surface area contributed by atoms with Crippen LogP contribution in [0.15, 0.2) is 0 Å². The minimum Gasteiger partial charge on any atom is -0.378 e. The van der Waals surface area contributed by atoms with Crippen molar-refractivity contribution in [1.82, 2.24) is 4.90 Å². The second-order valence-electron chi connectivity index (χ2n) is 6.58. The molecular weight excluding hydrogens is 252 g/mol. The molecule has 0 bridgehead atoms. The summed E-state index contributed by atoms with van der Waals surface area (Å²) >= 11 is 0. The number of carbonyl (C=O) groups is 1. The topological polar surface area (TPSA) is 55.6 Å². The Morgan fingerprint density at radius 1 is 1.40 bits per heavy atom. The van der Waals surface area contributed by atoms with Gasteiger partial charge in [-0.15, -0.1) is 0 Å². The molecule has 0 aromatic rings. The Morgan fingerprint density at radius 2 is 2.05 bits per heavy atom. The van der Waals surface area contributed by atoms with Crippen LogP contribution in [0.1, 0.15) is 52.4 Å². The fraction of sp³-hybridized carbons (Fsp3) is 0.938. The summed E-state index contributed by atoms with van der Waals surface area (Å²) in [5.41, 5.74) is 5.86. The van der Waals surface area contributed by atoms with Crippen LogP contribution in [0.4, 0.5) is 0 Å². The Morgan fingerprint density at radius 3 is 2.60 bits per heavy atom. The van der Waals surface area contributed by atoms with Gasteiger partial charge in [-0.25, -0.2) is 0 Å². The van der Waals surface area contributed by atoms with E-state index >= 15 is 0 Å². The predicted molar refractivity (Wildman–Crippen MR) is 80.3 cm³/mol. The molecule has 20 heavy (non-hydrogen) atoms. The maximum Gasteiger partial charge on any atom is 0.226 e. The van der Waals surface area contributed by atoms with Crippen LogP contribution in [-0.4, -0.2) is 43.2 Å². The Balaban J connectivity index is 2.09. The maximum atomic E-state index is 12.4. The van der Waals surface area contributed by atoms with E-state index < -0.39 is 0 Å². The predicted octanol–water partition coefficient (Wildman–Crippen LogP) is 2.17. The van der Waals surface area contributed by atoms with E-state index in [9.17, 15) is 4.79 Å². The van der Waals surface area contributed by atoms with Crippen molar-refractivity contribution in [3.05, 3.63) is 0 Å². The van der Waals surface area contributed by atoms with Gasteiger partial charge in [-0.2, -0.15) is 0 Å². The molecule has 0 aromatic carbocycles. The summed E-state index contributed by atoms with van der Waals surface area (Å²) in [6.45, 7) is 5.19. The highest BCUT2D eigenvalue weighted by Gasteiger charge is 2.57. The first kappa shape index (κ1) is 15.8. The van der Waals surface area contributed by atoms with Crippen LogP contribution >= 0.6 is 0 Å². The van der Waals surface area contributed by atoms with Gasteiger partial charge in [0.15, 0.2) is 0 Å². The standard InChI is InChI=1S/C16H30N2O2/c1-4-20-14-10-13(16(14)8-6-5-7-9-16)18(3)15(19)12(2)11-17/h12-14H,4-11,17H2,1-3H3. The quantitative estimate of drug-likeness (QED) is 0.841. The average Bonchev–Trinajstić information content (AvgIpc) is 2.49. The largest absolute Gasteiger partial charge is 0.378 e. The van der Waals surface area contributed by atoms with Crippen LogP contribution in [0.3, 0.4) is 0 Å². The Hall–Kier alpha value is -0.610. The van der Waals surface area contributed by atoms with Gasteiger partial charge in [0.05, 0.1) is 6.10 Å². The monoisotopic (exact) mass is 282 g/mol. The van der Waals surface area contributed by atoms with E-state index in [1.54, 1.807) is 0 Å². The zero-order valence-electron chi connectivity index (χ0n) is 13.2. The second kappa shape index (κ2) is 6.44. The minimum absolute atomic E-state index is 0.0771. The molecule has 0 radical (unpaired) electrons. The van der Waals surface area contributed by atoms with Crippen molar-refractivity contribution < 1.29 is 9.53 Å². The summed E-state index contributed by atoms with van der Waals surface area (Å²) in [6, 6.07) is 0.348. The molecule has 2 saturated carbocycles. The number of hydrogen-bond donors (Lipinski definition) is 1. The molecule has 1 spiro atoms. The molecule has 0 aromatic heterocycles. The molecule has 4 heteroatoms. The Kier molecular flexibility index (Phi) is 5.08. The average molecular weight is 282 g/mol. The minimum atomic E-state index is -0.0771. The lowest BCUT2D eigenvalue weighted by molar-refractivity contribution is -0.186. The van der Waals surface area contributed by atoms with Crippen molar-refractivity contribution in [1.29, 1.82) is 0 Å². The molecule has 2 aliphatic carbocycles. The zero-order chi connectivity index (χ0) is 14.8. The zero-order valence-corrected chi connectivity index (χ0v) is 13.2. The van der Waals surface area contributed by atoms with E-state index in [0.717, 1.165) is 13.0 Å². The lowest BCUT2D eigenvalue weighted by atomic mass is 9.54. The molecule has 0 heterocycles. The summed E-state index contributed by atoms with van der Waals surface area (Å²) in [5.74, 6) is 0.115. The molecule has 0 saturated heterocycles. The molecular formula is C16H30N2O2. The van der Waals surface area contributed by atoms with Crippen molar-refractivity contribution in [3.63, 3.8) is 0 Å². The molecule has 2 rings (SSSR count). The van der Waals surface area contributed by atoms with Crippen LogP contribution in [0, 0.1) is 11.3 Å². The Bertz CT molecular complexity index is 339. The number of amides is 1. The molecule has 2 fully saturated rings.